The molecule has 7 heteroatoms. The number of nitrogens with zero attached hydrogens (tertiary/aromatic N) is 1. The summed E-state index contributed by atoms with van der Waals surface area (Å²) in [6.45, 7) is 5.40. The van der Waals surface area contributed by atoms with Crippen LogP contribution < -0.4 is 10.6 Å². The van der Waals surface area contributed by atoms with E-state index in [9.17, 15) is 14.0 Å². The second kappa shape index (κ2) is 7.23. The van der Waals surface area contributed by atoms with Crippen molar-refractivity contribution >= 4 is 11.9 Å². The summed E-state index contributed by atoms with van der Waals surface area (Å²) in [5.74, 6) is -0.540. The highest BCUT2D eigenvalue weighted by molar-refractivity contribution is 6.01. The minimum absolute atomic E-state index is 0.138. The molecule has 2 aliphatic heterocycles. The number of carbonyl (C=O) groups excluding carboxylic acids is 2. The number of urea groups is 1. The summed E-state index contributed by atoms with van der Waals surface area (Å²) in [5.41, 5.74) is 1.63. The Kier molecular flexibility index (Phi) is 5.03. The molecule has 0 saturated heterocycles. The molecule has 25 heavy (non-hydrogen) atoms. The summed E-state index contributed by atoms with van der Waals surface area (Å²) in [6.07, 6.45) is 0.873. The number of nitrogens with one attached hydrogen (secondary N) is 2. The first-order valence-corrected chi connectivity index (χ1v) is 8.42. The Bertz CT molecular complexity index is 717. The van der Waals surface area contributed by atoms with Crippen molar-refractivity contribution in [3.63, 3.8) is 0 Å². The van der Waals surface area contributed by atoms with Crippen LogP contribution in [0.1, 0.15) is 31.9 Å². The smallest absolute Gasteiger partial charge is 0.319 e. The zero-order chi connectivity index (χ0) is 18.0. The highest BCUT2D eigenvalue weighted by Gasteiger charge is 2.40. The first-order chi connectivity index (χ1) is 12.0. The maximum absolute atomic E-state index is 13.6. The Hall–Kier alpha value is -2.41. The maximum atomic E-state index is 13.6. The zero-order valence-electron chi connectivity index (χ0n) is 14.3. The van der Waals surface area contributed by atoms with Crippen LogP contribution in [0.4, 0.5) is 9.18 Å². The normalized spacial score (nSPS) is 20.0. The molecule has 1 aromatic carbocycles. The summed E-state index contributed by atoms with van der Waals surface area (Å²) in [4.78, 5) is 26.4. The Morgan fingerprint density at radius 2 is 2.16 bits per heavy atom. The number of benzene rings is 1. The van der Waals surface area contributed by atoms with Crippen molar-refractivity contribution in [2.24, 2.45) is 0 Å². The van der Waals surface area contributed by atoms with Gasteiger partial charge in [0.15, 0.2) is 0 Å². The fourth-order valence-corrected chi connectivity index (χ4v) is 3.12. The van der Waals surface area contributed by atoms with Crippen LogP contribution in [0.15, 0.2) is 35.5 Å². The number of hydrogen-bond donors (Lipinski definition) is 2. The third-order valence-corrected chi connectivity index (χ3v) is 4.23. The molecule has 6 nitrogen and oxygen atoms in total. The van der Waals surface area contributed by atoms with Crippen molar-refractivity contribution in [1.82, 2.24) is 15.5 Å². The molecule has 0 aromatic heterocycles. The molecule has 134 valence electrons. The molecule has 3 amide bonds. The topological polar surface area (TPSA) is 70.7 Å². The molecule has 2 N–H and O–H groups in total. The van der Waals surface area contributed by atoms with E-state index >= 15 is 0 Å². The van der Waals surface area contributed by atoms with E-state index in [0.717, 1.165) is 6.42 Å². The van der Waals surface area contributed by atoms with E-state index in [1.165, 1.54) is 12.1 Å². The van der Waals surface area contributed by atoms with Crippen LogP contribution in [0.3, 0.4) is 0 Å². The van der Waals surface area contributed by atoms with E-state index in [0.29, 0.717) is 36.5 Å². The molecule has 3 rings (SSSR count). The van der Waals surface area contributed by atoms with Gasteiger partial charge in [-0.25, -0.2) is 9.18 Å². The minimum Gasteiger partial charge on any atom is -0.379 e. The van der Waals surface area contributed by atoms with Crippen molar-refractivity contribution in [3.8, 4) is 0 Å². The fourth-order valence-electron chi connectivity index (χ4n) is 3.12. The van der Waals surface area contributed by atoms with Gasteiger partial charge >= 0.3 is 6.03 Å². The van der Waals surface area contributed by atoms with Gasteiger partial charge in [-0.3, -0.25) is 4.79 Å². The molecule has 0 fully saturated rings. The average Bonchev–Trinajstić information content (AvgIpc) is 2.86. The molecule has 1 atom stereocenters. The van der Waals surface area contributed by atoms with Gasteiger partial charge in [-0.05, 0) is 38.0 Å². The quantitative estimate of drug-likeness (QED) is 0.774. The third kappa shape index (κ3) is 3.82. The number of amides is 3. The zero-order valence-corrected chi connectivity index (χ0v) is 14.3. The van der Waals surface area contributed by atoms with Crippen molar-refractivity contribution in [2.75, 3.05) is 19.7 Å². The second-order valence-corrected chi connectivity index (χ2v) is 6.48. The van der Waals surface area contributed by atoms with Crippen molar-refractivity contribution in [3.05, 3.63) is 46.9 Å². The van der Waals surface area contributed by atoms with Gasteiger partial charge < -0.3 is 20.3 Å². The predicted octanol–water partition coefficient (Wildman–Crippen LogP) is 2.09. The van der Waals surface area contributed by atoms with Crippen molar-refractivity contribution in [1.29, 1.82) is 0 Å². The summed E-state index contributed by atoms with van der Waals surface area (Å²) in [5, 5.41) is 5.42. The van der Waals surface area contributed by atoms with Crippen LogP contribution in [0.5, 0.6) is 0 Å². The van der Waals surface area contributed by atoms with Gasteiger partial charge in [-0.1, -0.05) is 12.1 Å². The molecule has 0 radical (unpaired) electrons. The van der Waals surface area contributed by atoms with Gasteiger partial charge in [0.1, 0.15) is 5.82 Å². The van der Waals surface area contributed by atoms with Gasteiger partial charge in [-0.2, -0.15) is 0 Å². The highest BCUT2D eigenvalue weighted by Crippen LogP contribution is 2.32. The lowest BCUT2D eigenvalue weighted by Crippen LogP contribution is -2.44. The summed E-state index contributed by atoms with van der Waals surface area (Å²) in [7, 11) is 0. The Morgan fingerprint density at radius 3 is 2.88 bits per heavy atom. The van der Waals surface area contributed by atoms with Crippen molar-refractivity contribution in [2.45, 2.75) is 32.4 Å². The lowest BCUT2D eigenvalue weighted by atomic mass is 9.96. The van der Waals surface area contributed by atoms with Gasteiger partial charge in [0.25, 0.3) is 5.91 Å². The lowest BCUT2D eigenvalue weighted by molar-refractivity contribution is -0.126. The van der Waals surface area contributed by atoms with Crippen LogP contribution in [-0.2, 0) is 9.53 Å². The van der Waals surface area contributed by atoms with Crippen molar-refractivity contribution < 1.29 is 18.7 Å². The number of halogens is 1. The second-order valence-electron chi connectivity index (χ2n) is 6.48. The van der Waals surface area contributed by atoms with E-state index in [1.54, 1.807) is 17.0 Å². The third-order valence-electron chi connectivity index (χ3n) is 4.23. The van der Waals surface area contributed by atoms with Gasteiger partial charge in [0.05, 0.1) is 30.0 Å². The van der Waals surface area contributed by atoms with Crippen LogP contribution in [0.2, 0.25) is 0 Å². The van der Waals surface area contributed by atoms with Gasteiger partial charge in [0, 0.05) is 13.2 Å². The number of carbonyl (C=O) groups is 2. The monoisotopic (exact) mass is 347 g/mol. The molecule has 0 aliphatic carbocycles. The van der Waals surface area contributed by atoms with Gasteiger partial charge in [0.2, 0.25) is 0 Å². The molecular formula is C18H22FN3O3. The lowest BCUT2D eigenvalue weighted by Gasteiger charge is -2.25. The fraction of sp³-hybridized carbons (Fsp3) is 0.444. The molecule has 0 bridgehead atoms. The molecule has 2 heterocycles. The van der Waals surface area contributed by atoms with E-state index in [2.05, 4.69) is 10.6 Å². The molecule has 0 spiro atoms. The van der Waals surface area contributed by atoms with Crippen LogP contribution in [0, 0.1) is 5.82 Å². The van der Waals surface area contributed by atoms with Crippen LogP contribution in [-0.4, -0.2) is 42.6 Å². The largest absolute Gasteiger partial charge is 0.379 e. The summed E-state index contributed by atoms with van der Waals surface area (Å²) < 4.78 is 19.1. The molecule has 1 unspecified atom stereocenters. The summed E-state index contributed by atoms with van der Waals surface area (Å²) >= 11 is 0. The molecule has 1 aromatic rings. The van der Waals surface area contributed by atoms with Gasteiger partial charge in [-0.15, -0.1) is 0 Å². The number of rotatable bonds is 6. The van der Waals surface area contributed by atoms with Crippen LogP contribution >= 0.6 is 0 Å². The van der Waals surface area contributed by atoms with E-state index in [4.69, 9.17) is 4.74 Å². The Morgan fingerprint density at radius 1 is 1.36 bits per heavy atom. The Balaban J connectivity index is 1.74. The first-order valence-electron chi connectivity index (χ1n) is 8.42. The SMILES string of the molecule is CC(C)OCCCN1CC2=C(C1=O)C(c1cccc(F)c1)NC(=O)N2. The molecule has 0 saturated carbocycles. The number of hydrogen-bond acceptors (Lipinski definition) is 3. The van der Waals surface area contributed by atoms with Crippen LogP contribution in [0.25, 0.3) is 0 Å². The average molecular weight is 347 g/mol. The van der Waals surface area contributed by atoms with E-state index in [1.807, 2.05) is 13.8 Å². The standard InChI is InChI=1S/C18H22FN3O3/c1-11(2)25-8-4-7-22-10-14-15(17(22)23)16(21-18(24)20-14)12-5-3-6-13(19)9-12/h3,5-6,9,11,16H,4,7-8,10H2,1-2H3,(H2,20,21,24). The number of ether oxygens (including phenoxy) is 1. The summed E-state index contributed by atoms with van der Waals surface area (Å²) in [6, 6.07) is 4.93. The van der Waals surface area contributed by atoms with E-state index in [-0.39, 0.29) is 18.0 Å². The Labute approximate surface area is 146 Å². The molecule has 2 aliphatic rings. The molecular weight excluding hydrogens is 325 g/mol. The maximum Gasteiger partial charge on any atom is 0.319 e. The van der Waals surface area contributed by atoms with E-state index < -0.39 is 11.9 Å². The first kappa shape index (κ1) is 17.4. The highest BCUT2D eigenvalue weighted by atomic mass is 19.1. The predicted molar refractivity (Wildman–Crippen MR) is 90.1 cm³/mol. The minimum atomic E-state index is -0.635.